The highest BCUT2D eigenvalue weighted by Crippen LogP contribution is 2.70. The van der Waals surface area contributed by atoms with Crippen molar-refractivity contribution in [1.29, 1.82) is 0 Å². The van der Waals surface area contributed by atoms with Gasteiger partial charge in [0.05, 0.1) is 25.7 Å². The van der Waals surface area contributed by atoms with Crippen LogP contribution in [0.2, 0.25) is 0 Å². The third-order valence-corrected chi connectivity index (χ3v) is 15.9. The van der Waals surface area contributed by atoms with E-state index in [9.17, 15) is 19.2 Å². The van der Waals surface area contributed by atoms with E-state index >= 15 is 0 Å². The molecule has 3 aliphatic heterocycles. The summed E-state index contributed by atoms with van der Waals surface area (Å²) in [6, 6.07) is 0.00254. The summed E-state index contributed by atoms with van der Waals surface area (Å²) in [4.78, 5) is 51.1. The monoisotopic (exact) mass is 768 g/mol. The van der Waals surface area contributed by atoms with E-state index in [4.69, 9.17) is 18.9 Å². The molecule has 11 nitrogen and oxygen atoms in total. The van der Waals surface area contributed by atoms with Crippen molar-refractivity contribution in [1.82, 2.24) is 15.5 Å². The molecule has 3 amide bonds. The molecular weight excluding hydrogens is 698 g/mol. The van der Waals surface area contributed by atoms with Gasteiger partial charge in [0.2, 0.25) is 11.8 Å². The lowest BCUT2D eigenvalue weighted by Crippen LogP contribution is -2.52. The van der Waals surface area contributed by atoms with Gasteiger partial charge < -0.3 is 34.5 Å². The second kappa shape index (κ2) is 16.3. The number of hydrogen-bond donors (Lipinski definition) is 2. The third-order valence-electron chi connectivity index (χ3n) is 15.9. The van der Waals surface area contributed by atoms with Gasteiger partial charge in [-0.3, -0.25) is 14.4 Å². The van der Waals surface area contributed by atoms with Crippen LogP contribution in [0.25, 0.3) is 0 Å². The van der Waals surface area contributed by atoms with Crippen LogP contribution in [0.4, 0.5) is 4.79 Å². The number of carbonyl (C=O) groups excluding carboxylic acids is 4. The SMILES string of the molecule is CNC(=O)CCC(=O)O[C@@H]1C[C@@H](C)N(C(=O)CCCCCNC(=O)O[C@H]2CC[C@@]3(C)C(=CC[C@H]4[C@@H]5C[C@@H]6O[C@]7(CC[C@@H](C)CO7)[C@@H](C)[C@@H]6[C@@]5(C)CC[C@@H]43)C2)C1. The number of likely N-dealkylation sites (tertiary alicyclic amines) is 1. The maximum atomic E-state index is 12.9. The minimum absolute atomic E-state index is 0.00254. The maximum Gasteiger partial charge on any atom is 0.407 e. The second-order valence-corrected chi connectivity index (χ2v) is 19.2. The van der Waals surface area contributed by atoms with E-state index in [0.29, 0.717) is 73.0 Å². The second-order valence-electron chi connectivity index (χ2n) is 19.2. The number of nitrogens with one attached hydrogen (secondary N) is 2. The summed E-state index contributed by atoms with van der Waals surface area (Å²) >= 11 is 0. The molecule has 308 valence electrons. The topological polar surface area (TPSA) is 132 Å². The highest BCUT2D eigenvalue weighted by Gasteiger charge is 2.68. The van der Waals surface area contributed by atoms with E-state index < -0.39 is 5.97 Å². The number of rotatable bonds is 11. The molecule has 3 heterocycles. The van der Waals surface area contributed by atoms with Crippen molar-refractivity contribution in [3.63, 3.8) is 0 Å². The summed E-state index contributed by atoms with van der Waals surface area (Å²) in [6.07, 6.45) is 15.5. The van der Waals surface area contributed by atoms with E-state index in [1.54, 1.807) is 4.90 Å². The first-order valence-electron chi connectivity index (χ1n) is 21.9. The van der Waals surface area contributed by atoms with Gasteiger partial charge in [-0.1, -0.05) is 45.8 Å². The number of unbranched alkanes of at least 4 members (excludes halogenated alkanes) is 2. The molecule has 0 bridgehead atoms. The Morgan fingerprint density at radius 3 is 2.49 bits per heavy atom. The molecule has 0 unspecified atom stereocenters. The molecule has 2 N–H and O–H groups in total. The van der Waals surface area contributed by atoms with Gasteiger partial charge in [0.15, 0.2) is 5.79 Å². The Balaban J connectivity index is 0.811. The molecule has 3 saturated carbocycles. The van der Waals surface area contributed by atoms with Crippen LogP contribution in [0, 0.1) is 46.3 Å². The molecule has 11 heteroatoms. The van der Waals surface area contributed by atoms with Crippen LogP contribution in [0.15, 0.2) is 11.6 Å². The fourth-order valence-electron chi connectivity index (χ4n) is 12.9. The average Bonchev–Trinajstić information content (AvgIpc) is 3.77. The normalized spacial score (nSPS) is 41.7. The molecule has 1 spiro atoms. The van der Waals surface area contributed by atoms with Crippen molar-refractivity contribution in [3.05, 3.63) is 11.6 Å². The smallest absolute Gasteiger partial charge is 0.407 e. The molecule has 0 aromatic heterocycles. The zero-order valence-corrected chi connectivity index (χ0v) is 34.5. The summed E-state index contributed by atoms with van der Waals surface area (Å²) in [5.41, 5.74) is 2.00. The summed E-state index contributed by atoms with van der Waals surface area (Å²) in [7, 11) is 1.54. The van der Waals surface area contributed by atoms with Gasteiger partial charge in [0, 0.05) is 57.7 Å². The predicted octanol–water partition coefficient (Wildman–Crippen LogP) is 7.07. The molecule has 7 rings (SSSR count). The van der Waals surface area contributed by atoms with Crippen LogP contribution in [0.3, 0.4) is 0 Å². The van der Waals surface area contributed by atoms with Gasteiger partial charge in [0.25, 0.3) is 0 Å². The molecule has 0 aromatic carbocycles. The first-order valence-corrected chi connectivity index (χ1v) is 21.9. The molecule has 0 radical (unpaired) electrons. The lowest BCUT2D eigenvalue weighted by atomic mass is 9.47. The molecule has 3 saturated heterocycles. The molecule has 6 fully saturated rings. The third kappa shape index (κ3) is 7.96. The number of carbonyl (C=O) groups is 4. The van der Waals surface area contributed by atoms with Crippen molar-refractivity contribution < 1.29 is 38.1 Å². The van der Waals surface area contributed by atoms with Crippen LogP contribution < -0.4 is 10.6 Å². The highest BCUT2D eigenvalue weighted by molar-refractivity contribution is 5.81. The molecule has 13 atom stereocenters. The van der Waals surface area contributed by atoms with Crippen molar-refractivity contribution in [2.24, 2.45) is 46.3 Å². The zero-order chi connectivity index (χ0) is 39.1. The first-order chi connectivity index (χ1) is 26.3. The number of alkyl carbamates (subject to hydrolysis) is 1. The summed E-state index contributed by atoms with van der Waals surface area (Å²) in [6.45, 7) is 13.5. The van der Waals surface area contributed by atoms with Crippen molar-refractivity contribution in [3.8, 4) is 0 Å². The maximum absolute atomic E-state index is 12.9. The number of fused-ring (bicyclic) bond motifs is 7. The van der Waals surface area contributed by atoms with Crippen molar-refractivity contribution in [2.75, 3.05) is 26.7 Å². The van der Waals surface area contributed by atoms with E-state index in [0.717, 1.165) is 58.0 Å². The predicted molar refractivity (Wildman–Crippen MR) is 207 cm³/mol. The minimum atomic E-state index is -0.408. The Bertz CT molecular complexity index is 1480. The fraction of sp³-hybridized carbons (Fsp3) is 0.864. The lowest BCUT2D eigenvalue weighted by Gasteiger charge is -2.58. The van der Waals surface area contributed by atoms with E-state index in [2.05, 4.69) is 44.4 Å². The minimum Gasteiger partial charge on any atom is -0.460 e. The fourth-order valence-corrected chi connectivity index (χ4v) is 12.9. The zero-order valence-electron chi connectivity index (χ0n) is 34.5. The van der Waals surface area contributed by atoms with Crippen LogP contribution in [-0.2, 0) is 33.3 Å². The van der Waals surface area contributed by atoms with Crippen LogP contribution in [-0.4, -0.2) is 85.7 Å². The number of amides is 3. The van der Waals surface area contributed by atoms with Gasteiger partial charge in [0.1, 0.15) is 12.2 Å². The number of esters is 1. The van der Waals surface area contributed by atoms with E-state index in [1.165, 1.54) is 38.3 Å². The number of hydrogen-bond acceptors (Lipinski definition) is 8. The van der Waals surface area contributed by atoms with Gasteiger partial charge in [-0.05, 0) is 105 Å². The summed E-state index contributed by atoms with van der Waals surface area (Å²) in [5, 5.41) is 5.45. The highest BCUT2D eigenvalue weighted by atomic mass is 16.7. The molecule has 7 aliphatic rings. The van der Waals surface area contributed by atoms with Gasteiger partial charge in [-0.2, -0.15) is 0 Å². The van der Waals surface area contributed by atoms with E-state index in [-0.39, 0.29) is 60.2 Å². The van der Waals surface area contributed by atoms with Gasteiger partial charge >= 0.3 is 12.1 Å². The number of nitrogens with zero attached hydrogens (tertiary/aromatic N) is 1. The molecule has 0 aromatic rings. The molecule has 55 heavy (non-hydrogen) atoms. The van der Waals surface area contributed by atoms with Crippen LogP contribution in [0.5, 0.6) is 0 Å². The summed E-state index contributed by atoms with van der Waals surface area (Å²) in [5.74, 6) is 2.80. The van der Waals surface area contributed by atoms with E-state index in [1.807, 2.05) is 6.92 Å². The first kappa shape index (κ1) is 40.5. The Hall–Kier alpha value is -2.66. The quantitative estimate of drug-likeness (QED) is 0.130. The molecular formula is C44H69N3O8. The Kier molecular flexibility index (Phi) is 12.0. The molecule has 4 aliphatic carbocycles. The number of ether oxygens (including phenoxy) is 4. The largest absolute Gasteiger partial charge is 0.460 e. The summed E-state index contributed by atoms with van der Waals surface area (Å²) < 4.78 is 25.0. The Morgan fingerprint density at radius 2 is 1.73 bits per heavy atom. The van der Waals surface area contributed by atoms with Gasteiger partial charge in [-0.15, -0.1) is 0 Å². The van der Waals surface area contributed by atoms with Gasteiger partial charge in [-0.25, -0.2) is 4.79 Å². The Morgan fingerprint density at radius 1 is 0.909 bits per heavy atom. The van der Waals surface area contributed by atoms with Crippen molar-refractivity contribution in [2.45, 2.75) is 167 Å². The lowest BCUT2D eigenvalue weighted by molar-refractivity contribution is -0.272. The van der Waals surface area contributed by atoms with Crippen molar-refractivity contribution >= 4 is 23.9 Å². The standard InChI is InChI=1S/C44H69N3O8/c1-27-15-20-44(52-26-27)29(3)40-36(55-44)24-35-33-12-11-30-23-31(16-18-42(30,4)34(33)17-19-43(35,40)5)54-41(51)46-21-9-7-8-10-38(49)47-25-32(22-28(47)2)53-39(50)14-13-37(48)45-6/h11,27-29,31-36,40H,7-10,12-26H2,1-6H3,(H,45,48)(H,46,51)/t27-,28-,29+,31+,32-,33-,34+,35+,36+,40+,42+,43+,44-/m1/s1. The van der Waals surface area contributed by atoms with Crippen LogP contribution in [0.1, 0.15) is 137 Å². The average molecular weight is 768 g/mol. The Labute approximate surface area is 329 Å². The number of allylic oxidation sites excluding steroid dienone is 1. The van der Waals surface area contributed by atoms with Crippen LogP contribution >= 0.6 is 0 Å².